The number of nitrogens with zero attached hydrogens (tertiary/aromatic N) is 3. The Morgan fingerprint density at radius 2 is 2.20 bits per heavy atom. The van der Waals surface area contributed by atoms with Crippen LogP contribution in [0.15, 0.2) is 0 Å². The van der Waals surface area contributed by atoms with Gasteiger partial charge in [-0.2, -0.15) is 0 Å². The van der Waals surface area contributed by atoms with Crippen LogP contribution in [0.5, 0.6) is 0 Å². The zero-order chi connectivity index (χ0) is 11.4. The summed E-state index contributed by atoms with van der Waals surface area (Å²) in [5, 5.41) is 8.03. The molecule has 0 bridgehead atoms. The first-order chi connectivity index (χ1) is 7.04. The molecule has 84 valence electrons. The summed E-state index contributed by atoms with van der Waals surface area (Å²) >= 11 is 0. The normalized spacial score (nSPS) is 10.9. The quantitative estimate of drug-likeness (QED) is 0.770. The van der Waals surface area contributed by atoms with Crippen molar-refractivity contribution >= 4 is 5.91 Å². The number of carbonyl (C=O) groups is 1. The lowest BCUT2D eigenvalue weighted by Crippen LogP contribution is -2.16. The standard InChI is InChI=1S/C10H18N4O/c1-4-9-8(5-10(11)15)12-13-14(9)6-7(2)3/h7H,4-6H2,1-3H3,(H2,11,15). The lowest BCUT2D eigenvalue weighted by Gasteiger charge is -2.07. The lowest BCUT2D eigenvalue weighted by molar-refractivity contribution is -0.117. The maximum absolute atomic E-state index is 10.8. The summed E-state index contributed by atoms with van der Waals surface area (Å²) in [5.41, 5.74) is 6.87. The number of rotatable bonds is 5. The third-order valence-electron chi connectivity index (χ3n) is 2.13. The second-order valence-corrected chi connectivity index (χ2v) is 4.06. The van der Waals surface area contributed by atoms with Gasteiger partial charge in [-0.15, -0.1) is 5.10 Å². The van der Waals surface area contributed by atoms with Crippen LogP contribution in [0.3, 0.4) is 0 Å². The molecular weight excluding hydrogens is 192 g/mol. The van der Waals surface area contributed by atoms with Crippen molar-refractivity contribution in [1.82, 2.24) is 15.0 Å². The van der Waals surface area contributed by atoms with Gasteiger partial charge in [-0.3, -0.25) is 4.79 Å². The van der Waals surface area contributed by atoms with Crippen LogP contribution >= 0.6 is 0 Å². The smallest absolute Gasteiger partial charge is 0.223 e. The summed E-state index contributed by atoms with van der Waals surface area (Å²) in [6.07, 6.45) is 1.00. The van der Waals surface area contributed by atoms with Gasteiger partial charge in [0.05, 0.1) is 17.8 Å². The van der Waals surface area contributed by atoms with Crippen molar-refractivity contribution in [3.63, 3.8) is 0 Å². The number of hydrogen-bond acceptors (Lipinski definition) is 3. The summed E-state index contributed by atoms with van der Waals surface area (Å²) in [7, 11) is 0. The summed E-state index contributed by atoms with van der Waals surface area (Å²) < 4.78 is 1.86. The highest BCUT2D eigenvalue weighted by Gasteiger charge is 2.13. The Balaban J connectivity index is 2.89. The molecule has 0 aliphatic carbocycles. The number of aromatic nitrogens is 3. The second-order valence-electron chi connectivity index (χ2n) is 4.06. The lowest BCUT2D eigenvalue weighted by atomic mass is 10.2. The zero-order valence-corrected chi connectivity index (χ0v) is 9.53. The van der Waals surface area contributed by atoms with Gasteiger partial charge in [0.25, 0.3) is 0 Å². The molecular formula is C10H18N4O. The highest BCUT2D eigenvalue weighted by atomic mass is 16.1. The first-order valence-electron chi connectivity index (χ1n) is 5.24. The molecule has 1 amide bonds. The Kier molecular flexibility index (Phi) is 3.82. The maximum atomic E-state index is 10.8. The topological polar surface area (TPSA) is 73.8 Å². The van der Waals surface area contributed by atoms with Crippen molar-refractivity contribution in [2.24, 2.45) is 11.7 Å². The Labute approximate surface area is 89.6 Å². The monoisotopic (exact) mass is 210 g/mol. The second kappa shape index (κ2) is 4.91. The van der Waals surface area contributed by atoms with E-state index in [1.54, 1.807) is 0 Å². The van der Waals surface area contributed by atoms with Gasteiger partial charge in [0.1, 0.15) is 0 Å². The minimum absolute atomic E-state index is 0.182. The third kappa shape index (κ3) is 3.04. The molecule has 0 saturated heterocycles. The maximum Gasteiger partial charge on any atom is 0.223 e. The van der Waals surface area contributed by atoms with E-state index in [1.807, 2.05) is 11.6 Å². The van der Waals surface area contributed by atoms with Gasteiger partial charge in [-0.05, 0) is 12.3 Å². The van der Waals surface area contributed by atoms with E-state index in [2.05, 4.69) is 24.2 Å². The molecule has 5 nitrogen and oxygen atoms in total. The molecule has 15 heavy (non-hydrogen) atoms. The van der Waals surface area contributed by atoms with Crippen LogP contribution in [-0.4, -0.2) is 20.9 Å². The van der Waals surface area contributed by atoms with E-state index < -0.39 is 0 Å². The number of nitrogens with two attached hydrogens (primary N) is 1. The number of hydrogen-bond donors (Lipinski definition) is 1. The van der Waals surface area contributed by atoms with Crippen LogP contribution < -0.4 is 5.73 Å². The molecule has 0 aliphatic rings. The molecule has 0 atom stereocenters. The summed E-state index contributed by atoms with van der Waals surface area (Å²) in [6.45, 7) is 7.10. The molecule has 0 aliphatic heterocycles. The number of primary amides is 1. The fourth-order valence-electron chi connectivity index (χ4n) is 1.55. The van der Waals surface area contributed by atoms with Crippen LogP contribution in [0.25, 0.3) is 0 Å². The van der Waals surface area contributed by atoms with Crippen molar-refractivity contribution in [1.29, 1.82) is 0 Å². The van der Waals surface area contributed by atoms with Crippen molar-refractivity contribution in [2.75, 3.05) is 0 Å². The fraction of sp³-hybridized carbons (Fsp3) is 0.700. The van der Waals surface area contributed by atoms with Crippen molar-refractivity contribution < 1.29 is 4.79 Å². The van der Waals surface area contributed by atoms with Gasteiger partial charge in [-0.1, -0.05) is 26.0 Å². The molecule has 1 aromatic rings. The van der Waals surface area contributed by atoms with Crippen LogP contribution in [-0.2, 0) is 24.2 Å². The zero-order valence-electron chi connectivity index (χ0n) is 9.53. The van der Waals surface area contributed by atoms with Crippen molar-refractivity contribution in [3.8, 4) is 0 Å². The average molecular weight is 210 g/mol. The van der Waals surface area contributed by atoms with E-state index in [-0.39, 0.29) is 12.3 Å². The summed E-state index contributed by atoms with van der Waals surface area (Å²) in [4.78, 5) is 10.8. The number of amides is 1. The predicted octanol–water partition coefficient (Wildman–Crippen LogP) is 0.524. The molecule has 2 N–H and O–H groups in total. The van der Waals surface area contributed by atoms with Crippen LogP contribution in [0.1, 0.15) is 32.2 Å². The first kappa shape index (κ1) is 11.7. The Morgan fingerprint density at radius 3 is 2.67 bits per heavy atom. The van der Waals surface area contributed by atoms with Gasteiger partial charge < -0.3 is 5.73 Å². The molecule has 0 spiro atoms. The van der Waals surface area contributed by atoms with Gasteiger partial charge in [0.2, 0.25) is 5.91 Å². The Morgan fingerprint density at radius 1 is 1.53 bits per heavy atom. The molecule has 1 heterocycles. The van der Waals surface area contributed by atoms with Crippen molar-refractivity contribution in [3.05, 3.63) is 11.4 Å². The van der Waals surface area contributed by atoms with E-state index in [0.717, 1.165) is 18.7 Å². The van der Waals surface area contributed by atoms with E-state index in [9.17, 15) is 4.79 Å². The molecule has 0 aromatic carbocycles. The van der Waals surface area contributed by atoms with Gasteiger partial charge in [0, 0.05) is 6.54 Å². The van der Waals surface area contributed by atoms with Gasteiger partial charge in [-0.25, -0.2) is 4.68 Å². The minimum Gasteiger partial charge on any atom is -0.369 e. The molecule has 0 saturated carbocycles. The average Bonchev–Trinajstić information content (AvgIpc) is 2.45. The Bertz CT molecular complexity index is 343. The first-order valence-corrected chi connectivity index (χ1v) is 5.24. The van der Waals surface area contributed by atoms with E-state index >= 15 is 0 Å². The predicted molar refractivity (Wildman–Crippen MR) is 57.1 cm³/mol. The molecule has 0 radical (unpaired) electrons. The molecule has 1 aromatic heterocycles. The number of carbonyl (C=O) groups excluding carboxylic acids is 1. The summed E-state index contributed by atoms with van der Waals surface area (Å²) in [6, 6.07) is 0. The van der Waals surface area contributed by atoms with Gasteiger partial charge >= 0.3 is 0 Å². The highest BCUT2D eigenvalue weighted by Crippen LogP contribution is 2.09. The van der Waals surface area contributed by atoms with Crippen molar-refractivity contribution in [2.45, 2.75) is 40.2 Å². The molecule has 0 unspecified atom stereocenters. The van der Waals surface area contributed by atoms with Crippen LogP contribution in [0.4, 0.5) is 0 Å². The fourth-order valence-corrected chi connectivity index (χ4v) is 1.55. The van der Waals surface area contributed by atoms with Crippen LogP contribution in [0.2, 0.25) is 0 Å². The molecule has 1 rings (SSSR count). The van der Waals surface area contributed by atoms with E-state index in [1.165, 1.54) is 0 Å². The van der Waals surface area contributed by atoms with Crippen LogP contribution in [0, 0.1) is 5.92 Å². The van der Waals surface area contributed by atoms with E-state index in [0.29, 0.717) is 11.6 Å². The minimum atomic E-state index is -0.360. The summed E-state index contributed by atoms with van der Waals surface area (Å²) in [5.74, 6) is 0.153. The third-order valence-corrected chi connectivity index (χ3v) is 2.13. The largest absolute Gasteiger partial charge is 0.369 e. The molecule has 5 heteroatoms. The molecule has 0 fully saturated rings. The highest BCUT2D eigenvalue weighted by molar-refractivity contribution is 5.76. The van der Waals surface area contributed by atoms with E-state index in [4.69, 9.17) is 5.73 Å². The SMILES string of the molecule is CCc1c(CC(N)=O)nnn1CC(C)C. The van der Waals surface area contributed by atoms with Gasteiger partial charge in [0.15, 0.2) is 0 Å². The Hall–Kier alpha value is -1.39.